The lowest BCUT2D eigenvalue weighted by atomic mass is 9.79. The summed E-state index contributed by atoms with van der Waals surface area (Å²) in [6, 6.07) is 0.171. The molecule has 1 aliphatic carbocycles. The molecular weight excluding hydrogens is 277 g/mol. The Morgan fingerprint density at radius 2 is 1.67 bits per heavy atom. The number of nitrogens with zero attached hydrogens (tertiary/aromatic N) is 1. The molecule has 124 valence electrons. The first kappa shape index (κ1) is 17.1. The van der Waals surface area contributed by atoms with Crippen molar-refractivity contribution in [3.05, 3.63) is 0 Å². The summed E-state index contributed by atoms with van der Waals surface area (Å²) >= 11 is 0. The summed E-state index contributed by atoms with van der Waals surface area (Å²) in [5.41, 5.74) is -0.143. The molecule has 0 aromatic heterocycles. The van der Waals surface area contributed by atoms with Crippen LogP contribution in [0.2, 0.25) is 0 Å². The highest BCUT2D eigenvalue weighted by Crippen LogP contribution is 2.33. The highest BCUT2D eigenvalue weighted by Gasteiger charge is 2.42. The fraction of sp³-hybridized carbons (Fsp3) is 1.00. The molecule has 1 N–H and O–H groups in total. The first-order chi connectivity index (χ1) is 9.67. The fourth-order valence-corrected chi connectivity index (χ4v) is 3.95. The van der Waals surface area contributed by atoms with E-state index in [0.29, 0.717) is 19.0 Å². The molecule has 1 heterocycles. The zero-order valence-corrected chi connectivity index (χ0v) is 13.5. The zero-order chi connectivity index (χ0) is 15.7. The maximum absolute atomic E-state index is 12.9. The van der Waals surface area contributed by atoms with Crippen LogP contribution < -0.4 is 5.32 Å². The molecule has 1 aliphatic heterocycles. The van der Waals surface area contributed by atoms with Crippen LogP contribution in [0.5, 0.6) is 0 Å². The molecule has 21 heavy (non-hydrogen) atoms. The number of nitrogens with one attached hydrogen (secondary N) is 1. The van der Waals surface area contributed by atoms with Crippen molar-refractivity contribution in [2.75, 3.05) is 19.6 Å². The Morgan fingerprint density at radius 1 is 1.05 bits per heavy atom. The molecule has 1 saturated carbocycles. The standard InChI is InChI=1S/C16H29F3N2/c1-15(2,3)14-9-20-13(12-7-5-4-6-8-12)10-21(14)11-16(17,18)19/h12-14,20H,4-11H2,1-3H3. The Labute approximate surface area is 126 Å². The minimum atomic E-state index is -4.11. The Kier molecular flexibility index (Phi) is 5.24. The van der Waals surface area contributed by atoms with E-state index in [1.807, 2.05) is 20.8 Å². The fourth-order valence-electron chi connectivity index (χ4n) is 3.95. The maximum atomic E-state index is 12.9. The summed E-state index contributed by atoms with van der Waals surface area (Å²) in [5.74, 6) is 0.551. The van der Waals surface area contributed by atoms with Crippen LogP contribution >= 0.6 is 0 Å². The lowest BCUT2D eigenvalue weighted by Gasteiger charge is -2.48. The van der Waals surface area contributed by atoms with Gasteiger partial charge in [0.15, 0.2) is 0 Å². The van der Waals surface area contributed by atoms with E-state index in [0.717, 1.165) is 12.8 Å². The van der Waals surface area contributed by atoms with Crippen LogP contribution in [0, 0.1) is 11.3 Å². The topological polar surface area (TPSA) is 15.3 Å². The second-order valence-corrected chi connectivity index (χ2v) is 7.84. The van der Waals surface area contributed by atoms with Crippen molar-refractivity contribution in [1.82, 2.24) is 10.2 Å². The minimum absolute atomic E-state index is 0.0565. The summed E-state index contributed by atoms with van der Waals surface area (Å²) in [7, 11) is 0. The number of halogens is 3. The number of rotatable bonds is 2. The maximum Gasteiger partial charge on any atom is 0.401 e. The zero-order valence-electron chi connectivity index (χ0n) is 13.5. The normalized spacial score (nSPS) is 30.6. The average molecular weight is 306 g/mol. The molecule has 2 unspecified atom stereocenters. The third-order valence-electron chi connectivity index (χ3n) is 5.05. The van der Waals surface area contributed by atoms with E-state index in [4.69, 9.17) is 0 Å². The second kappa shape index (κ2) is 6.45. The van der Waals surface area contributed by atoms with E-state index in [2.05, 4.69) is 5.32 Å². The van der Waals surface area contributed by atoms with Crippen molar-refractivity contribution in [2.45, 2.75) is 71.1 Å². The van der Waals surface area contributed by atoms with Gasteiger partial charge in [-0.05, 0) is 24.2 Å². The van der Waals surface area contributed by atoms with Gasteiger partial charge in [0.25, 0.3) is 0 Å². The van der Waals surface area contributed by atoms with Crippen LogP contribution in [-0.4, -0.2) is 42.8 Å². The minimum Gasteiger partial charge on any atom is -0.311 e. The molecule has 0 aromatic rings. The van der Waals surface area contributed by atoms with Crippen LogP contribution in [-0.2, 0) is 0 Å². The molecule has 5 heteroatoms. The molecular formula is C16H29F3N2. The van der Waals surface area contributed by atoms with Crippen molar-refractivity contribution < 1.29 is 13.2 Å². The highest BCUT2D eigenvalue weighted by molar-refractivity contribution is 4.95. The van der Waals surface area contributed by atoms with Gasteiger partial charge in [-0.15, -0.1) is 0 Å². The molecule has 0 radical (unpaired) electrons. The van der Waals surface area contributed by atoms with E-state index in [-0.39, 0.29) is 17.5 Å². The molecule has 2 atom stereocenters. The molecule has 0 amide bonds. The molecule has 2 fully saturated rings. The van der Waals surface area contributed by atoms with Crippen molar-refractivity contribution >= 4 is 0 Å². The van der Waals surface area contributed by atoms with Crippen LogP contribution in [0.25, 0.3) is 0 Å². The van der Waals surface area contributed by atoms with Gasteiger partial charge in [0, 0.05) is 25.2 Å². The summed E-state index contributed by atoms with van der Waals surface area (Å²) in [6.07, 6.45) is 1.95. The predicted molar refractivity (Wildman–Crippen MR) is 79.2 cm³/mol. The van der Waals surface area contributed by atoms with Gasteiger partial charge in [-0.1, -0.05) is 40.0 Å². The quantitative estimate of drug-likeness (QED) is 0.834. The molecule has 0 bridgehead atoms. The summed E-state index contributed by atoms with van der Waals surface area (Å²) in [4.78, 5) is 1.68. The third kappa shape index (κ3) is 4.85. The van der Waals surface area contributed by atoms with Gasteiger partial charge in [-0.2, -0.15) is 13.2 Å². The van der Waals surface area contributed by atoms with Crippen LogP contribution in [0.1, 0.15) is 52.9 Å². The molecule has 1 saturated heterocycles. The molecule has 0 spiro atoms. The van der Waals surface area contributed by atoms with Crippen molar-refractivity contribution in [1.29, 1.82) is 0 Å². The number of hydrogen-bond acceptors (Lipinski definition) is 2. The third-order valence-corrected chi connectivity index (χ3v) is 5.05. The summed E-state index contributed by atoms with van der Waals surface area (Å²) < 4.78 is 38.7. The van der Waals surface area contributed by atoms with Gasteiger partial charge in [-0.3, -0.25) is 4.90 Å². The monoisotopic (exact) mass is 306 g/mol. The SMILES string of the molecule is CC(C)(C)C1CNC(C2CCCCC2)CN1CC(F)(F)F. The van der Waals surface area contributed by atoms with E-state index in [1.165, 1.54) is 19.3 Å². The van der Waals surface area contributed by atoms with Gasteiger partial charge < -0.3 is 5.32 Å². The van der Waals surface area contributed by atoms with Gasteiger partial charge in [0.2, 0.25) is 0 Å². The van der Waals surface area contributed by atoms with Crippen LogP contribution in [0.15, 0.2) is 0 Å². The molecule has 0 aromatic carbocycles. The van der Waals surface area contributed by atoms with Gasteiger partial charge in [0.1, 0.15) is 0 Å². The molecule has 2 aliphatic rings. The lowest BCUT2D eigenvalue weighted by molar-refractivity contribution is -0.160. The largest absolute Gasteiger partial charge is 0.401 e. The number of hydrogen-bond donors (Lipinski definition) is 1. The van der Waals surface area contributed by atoms with Gasteiger partial charge in [0.05, 0.1) is 6.54 Å². The lowest BCUT2D eigenvalue weighted by Crippen LogP contribution is -2.63. The van der Waals surface area contributed by atoms with Gasteiger partial charge in [-0.25, -0.2) is 0 Å². The Balaban J connectivity index is 2.05. The smallest absolute Gasteiger partial charge is 0.311 e. The van der Waals surface area contributed by atoms with Crippen molar-refractivity contribution in [2.24, 2.45) is 11.3 Å². The Bertz CT molecular complexity index is 329. The van der Waals surface area contributed by atoms with Crippen LogP contribution in [0.3, 0.4) is 0 Å². The molecule has 2 rings (SSSR count). The Morgan fingerprint density at radius 3 is 2.19 bits per heavy atom. The average Bonchev–Trinajstić information content (AvgIpc) is 2.36. The Hall–Kier alpha value is -0.290. The second-order valence-electron chi connectivity index (χ2n) is 7.84. The molecule has 2 nitrogen and oxygen atoms in total. The van der Waals surface area contributed by atoms with E-state index in [9.17, 15) is 13.2 Å². The predicted octanol–water partition coefficient (Wildman–Crippen LogP) is 3.82. The summed E-state index contributed by atoms with van der Waals surface area (Å²) in [6.45, 7) is 6.52. The first-order valence-electron chi connectivity index (χ1n) is 8.21. The first-order valence-corrected chi connectivity index (χ1v) is 8.21. The van der Waals surface area contributed by atoms with Crippen molar-refractivity contribution in [3.8, 4) is 0 Å². The van der Waals surface area contributed by atoms with Crippen molar-refractivity contribution in [3.63, 3.8) is 0 Å². The highest BCUT2D eigenvalue weighted by atomic mass is 19.4. The van der Waals surface area contributed by atoms with E-state index >= 15 is 0 Å². The van der Waals surface area contributed by atoms with E-state index < -0.39 is 12.7 Å². The number of alkyl halides is 3. The summed E-state index contributed by atoms with van der Waals surface area (Å²) in [5, 5.41) is 3.55. The van der Waals surface area contributed by atoms with Crippen LogP contribution in [0.4, 0.5) is 13.2 Å². The number of piperazine rings is 1. The van der Waals surface area contributed by atoms with E-state index in [1.54, 1.807) is 4.90 Å². The van der Waals surface area contributed by atoms with Gasteiger partial charge >= 0.3 is 6.18 Å².